The first-order valence-electron chi connectivity index (χ1n) is 8.62. The monoisotopic (exact) mass is 396 g/mol. The van der Waals surface area contributed by atoms with Crippen molar-refractivity contribution in [3.05, 3.63) is 78.3 Å². The summed E-state index contributed by atoms with van der Waals surface area (Å²) in [5, 5.41) is 5.65. The molecule has 0 unspecified atom stereocenters. The van der Waals surface area contributed by atoms with Crippen LogP contribution in [0, 0.1) is 0 Å². The normalized spacial score (nSPS) is 10.3. The summed E-state index contributed by atoms with van der Waals surface area (Å²) in [5.41, 5.74) is 1.18. The number of carbonyl (C=O) groups is 2. The Bertz CT molecular complexity index is 924. The smallest absolute Gasteiger partial charge is 0.256 e. The first-order chi connectivity index (χ1) is 13.7. The van der Waals surface area contributed by atoms with Gasteiger partial charge >= 0.3 is 0 Å². The zero-order valence-corrected chi connectivity index (χ0v) is 16.1. The van der Waals surface area contributed by atoms with Crippen molar-refractivity contribution in [3.8, 4) is 5.75 Å². The molecule has 0 aliphatic rings. The van der Waals surface area contributed by atoms with Crippen molar-refractivity contribution in [2.24, 2.45) is 0 Å². The zero-order valence-electron chi connectivity index (χ0n) is 15.3. The molecule has 0 saturated heterocycles. The molecule has 0 bridgehead atoms. The molecule has 3 rings (SSSR count). The van der Waals surface area contributed by atoms with Gasteiger partial charge in [0.1, 0.15) is 11.5 Å². The predicted octanol–water partition coefficient (Wildman–Crippen LogP) is 3.95. The quantitative estimate of drug-likeness (QED) is 0.564. The first-order valence-corrected chi connectivity index (χ1v) is 9.60. The summed E-state index contributed by atoms with van der Waals surface area (Å²) in [7, 11) is 1.59. The van der Waals surface area contributed by atoms with E-state index in [1.165, 1.54) is 11.8 Å². The van der Waals surface area contributed by atoms with Gasteiger partial charge in [0, 0.05) is 10.6 Å². The zero-order chi connectivity index (χ0) is 19.8. The van der Waals surface area contributed by atoms with E-state index in [-0.39, 0.29) is 17.6 Å². The second kappa shape index (κ2) is 9.66. The lowest BCUT2D eigenvalue weighted by atomic mass is 10.2. The molecule has 3 aromatic rings. The van der Waals surface area contributed by atoms with Crippen LogP contribution in [0.15, 0.2) is 76.2 Å². The Morgan fingerprint density at radius 1 is 1.04 bits per heavy atom. The van der Waals surface area contributed by atoms with E-state index in [1.54, 1.807) is 61.9 Å². The lowest BCUT2D eigenvalue weighted by Gasteiger charge is -2.10. The number of amides is 2. The van der Waals surface area contributed by atoms with Crippen LogP contribution in [0.3, 0.4) is 0 Å². The largest absolute Gasteiger partial charge is 0.497 e. The first kappa shape index (κ1) is 19.6. The van der Waals surface area contributed by atoms with Crippen LogP contribution in [0.4, 0.5) is 5.69 Å². The highest BCUT2D eigenvalue weighted by molar-refractivity contribution is 8.00. The number of hydrogen-bond acceptors (Lipinski definition) is 5. The number of benzene rings is 2. The molecule has 0 spiro atoms. The molecular formula is C21H20N2O4S. The minimum absolute atomic E-state index is 0.133. The number of carbonyl (C=O) groups excluding carboxylic acids is 2. The third-order valence-electron chi connectivity index (χ3n) is 3.88. The molecule has 6 nitrogen and oxygen atoms in total. The van der Waals surface area contributed by atoms with Crippen LogP contribution in [0.1, 0.15) is 16.1 Å². The van der Waals surface area contributed by atoms with Crippen LogP contribution in [-0.4, -0.2) is 24.7 Å². The Morgan fingerprint density at radius 3 is 2.54 bits per heavy atom. The van der Waals surface area contributed by atoms with Crippen molar-refractivity contribution in [1.82, 2.24) is 5.32 Å². The minimum atomic E-state index is -0.232. The van der Waals surface area contributed by atoms with Crippen molar-refractivity contribution < 1.29 is 18.7 Å². The molecule has 1 aromatic heterocycles. The second-order valence-electron chi connectivity index (χ2n) is 5.82. The van der Waals surface area contributed by atoms with Crippen LogP contribution in [-0.2, 0) is 11.3 Å². The summed E-state index contributed by atoms with van der Waals surface area (Å²) in [6.07, 6.45) is 1.56. The van der Waals surface area contributed by atoms with Gasteiger partial charge in [0.2, 0.25) is 5.91 Å². The number of furan rings is 1. The number of methoxy groups -OCH3 is 1. The molecule has 144 valence electrons. The van der Waals surface area contributed by atoms with Gasteiger partial charge in [-0.3, -0.25) is 9.59 Å². The third-order valence-corrected chi connectivity index (χ3v) is 4.95. The van der Waals surface area contributed by atoms with Crippen molar-refractivity contribution in [2.45, 2.75) is 11.4 Å². The maximum Gasteiger partial charge on any atom is 0.256 e. The van der Waals surface area contributed by atoms with Gasteiger partial charge < -0.3 is 19.8 Å². The van der Waals surface area contributed by atoms with Crippen molar-refractivity contribution >= 4 is 29.3 Å². The van der Waals surface area contributed by atoms with Crippen molar-refractivity contribution in [2.75, 3.05) is 18.2 Å². The Labute approximate surface area is 167 Å². The Balaban J connectivity index is 1.58. The lowest BCUT2D eigenvalue weighted by molar-refractivity contribution is -0.118. The van der Waals surface area contributed by atoms with E-state index in [1.807, 2.05) is 12.1 Å². The topological polar surface area (TPSA) is 80.6 Å². The second-order valence-corrected chi connectivity index (χ2v) is 6.84. The Kier molecular flexibility index (Phi) is 6.75. The molecule has 0 aliphatic heterocycles. The summed E-state index contributed by atoms with van der Waals surface area (Å²) in [6.45, 7) is 0.339. The van der Waals surface area contributed by atoms with Gasteiger partial charge in [0.15, 0.2) is 0 Å². The molecule has 2 amide bonds. The fourth-order valence-electron chi connectivity index (χ4n) is 2.45. The van der Waals surface area contributed by atoms with E-state index in [0.717, 1.165) is 10.6 Å². The van der Waals surface area contributed by atoms with Gasteiger partial charge in [-0.15, -0.1) is 11.8 Å². The third kappa shape index (κ3) is 5.40. The van der Waals surface area contributed by atoms with E-state index in [0.29, 0.717) is 23.6 Å². The molecule has 7 heteroatoms. The summed E-state index contributed by atoms with van der Waals surface area (Å²) in [4.78, 5) is 25.4. The molecule has 28 heavy (non-hydrogen) atoms. The average molecular weight is 396 g/mol. The number of ether oxygens (including phenoxy) is 1. The SMILES string of the molecule is COc1ccc(NC(=O)c2ccccc2SCC(=O)NCc2ccco2)cc1. The fourth-order valence-corrected chi connectivity index (χ4v) is 3.33. The molecule has 0 fully saturated rings. The summed E-state index contributed by atoms with van der Waals surface area (Å²) in [5.74, 6) is 1.25. The highest BCUT2D eigenvalue weighted by atomic mass is 32.2. The van der Waals surface area contributed by atoms with Gasteiger partial charge in [-0.2, -0.15) is 0 Å². The van der Waals surface area contributed by atoms with Gasteiger partial charge in [0.05, 0.1) is 31.2 Å². The Morgan fingerprint density at radius 2 is 1.82 bits per heavy atom. The lowest BCUT2D eigenvalue weighted by Crippen LogP contribution is -2.24. The number of thioether (sulfide) groups is 1. The summed E-state index contributed by atoms with van der Waals surface area (Å²) < 4.78 is 10.3. The van der Waals surface area contributed by atoms with Crippen LogP contribution in [0.2, 0.25) is 0 Å². The van der Waals surface area contributed by atoms with E-state index >= 15 is 0 Å². The number of rotatable bonds is 8. The molecule has 2 N–H and O–H groups in total. The Hall–Kier alpha value is -3.19. The molecule has 2 aromatic carbocycles. The maximum absolute atomic E-state index is 12.6. The van der Waals surface area contributed by atoms with E-state index in [9.17, 15) is 9.59 Å². The van der Waals surface area contributed by atoms with E-state index in [4.69, 9.17) is 9.15 Å². The maximum atomic E-state index is 12.6. The molecular weight excluding hydrogens is 376 g/mol. The fraction of sp³-hybridized carbons (Fsp3) is 0.143. The number of anilines is 1. The standard InChI is InChI=1S/C21H20N2O4S/c1-26-16-10-8-15(9-11-16)23-21(25)18-6-2-3-7-19(18)28-14-20(24)22-13-17-5-4-12-27-17/h2-12H,13-14H2,1H3,(H,22,24)(H,23,25). The van der Waals surface area contributed by atoms with Crippen LogP contribution in [0.5, 0.6) is 5.75 Å². The van der Waals surface area contributed by atoms with Crippen LogP contribution < -0.4 is 15.4 Å². The summed E-state index contributed by atoms with van der Waals surface area (Å²) in [6, 6.07) is 17.9. The minimum Gasteiger partial charge on any atom is -0.497 e. The van der Waals surface area contributed by atoms with Crippen LogP contribution in [0.25, 0.3) is 0 Å². The van der Waals surface area contributed by atoms with Crippen molar-refractivity contribution in [3.63, 3.8) is 0 Å². The molecule has 0 radical (unpaired) electrons. The van der Waals surface area contributed by atoms with E-state index in [2.05, 4.69) is 10.6 Å². The molecule has 0 atom stereocenters. The average Bonchev–Trinajstić information content (AvgIpc) is 3.25. The van der Waals surface area contributed by atoms with Gasteiger partial charge in [-0.05, 0) is 48.5 Å². The van der Waals surface area contributed by atoms with Crippen molar-refractivity contribution in [1.29, 1.82) is 0 Å². The molecule has 0 saturated carbocycles. The number of nitrogens with one attached hydrogen (secondary N) is 2. The molecule has 1 heterocycles. The predicted molar refractivity (Wildman–Crippen MR) is 109 cm³/mol. The van der Waals surface area contributed by atoms with Gasteiger partial charge in [-0.25, -0.2) is 0 Å². The highest BCUT2D eigenvalue weighted by Gasteiger charge is 2.13. The molecule has 0 aliphatic carbocycles. The van der Waals surface area contributed by atoms with Crippen LogP contribution >= 0.6 is 11.8 Å². The van der Waals surface area contributed by atoms with Gasteiger partial charge in [-0.1, -0.05) is 12.1 Å². The summed E-state index contributed by atoms with van der Waals surface area (Å²) >= 11 is 1.31. The van der Waals surface area contributed by atoms with Gasteiger partial charge in [0.25, 0.3) is 5.91 Å². The highest BCUT2D eigenvalue weighted by Crippen LogP contribution is 2.24. The number of hydrogen-bond donors (Lipinski definition) is 2. The van der Waals surface area contributed by atoms with E-state index < -0.39 is 0 Å².